The lowest BCUT2D eigenvalue weighted by atomic mass is 10.1. The summed E-state index contributed by atoms with van der Waals surface area (Å²) in [5.74, 6) is 0. The molecule has 1 saturated heterocycles. The van der Waals surface area contributed by atoms with Crippen molar-refractivity contribution in [3.63, 3.8) is 0 Å². The molecule has 1 aliphatic heterocycles. The van der Waals surface area contributed by atoms with Gasteiger partial charge in [0.05, 0.1) is 6.61 Å². The average molecular weight is 227 g/mol. The Hall–Kier alpha value is -1.44. The van der Waals surface area contributed by atoms with Crippen LogP contribution >= 0.6 is 0 Å². The van der Waals surface area contributed by atoms with Crippen molar-refractivity contribution in [2.45, 2.75) is 24.8 Å². The van der Waals surface area contributed by atoms with E-state index < -0.39 is 23.2 Å². The van der Waals surface area contributed by atoms with Crippen molar-refractivity contribution in [3.05, 3.63) is 33.1 Å². The Morgan fingerprint density at radius 3 is 3.00 bits per heavy atom. The van der Waals surface area contributed by atoms with Gasteiger partial charge in [0, 0.05) is 12.3 Å². The number of nitrogens with one attached hydrogen (secondary N) is 1. The molecule has 7 heteroatoms. The number of rotatable bonds is 2. The van der Waals surface area contributed by atoms with Crippen molar-refractivity contribution in [2.75, 3.05) is 6.61 Å². The summed E-state index contributed by atoms with van der Waals surface area (Å²) < 4.78 is 6.63. The normalized spacial score (nSPS) is 29.5. The number of aliphatic hydroxyl groups excluding tert-OH is 1. The molecule has 0 spiro atoms. The molecule has 7 nitrogen and oxygen atoms in total. The van der Waals surface area contributed by atoms with Crippen molar-refractivity contribution in [2.24, 2.45) is 5.73 Å². The predicted molar refractivity (Wildman–Crippen MR) is 54.7 cm³/mol. The van der Waals surface area contributed by atoms with Crippen molar-refractivity contribution < 1.29 is 9.84 Å². The minimum Gasteiger partial charge on any atom is -0.392 e. The number of nitrogens with two attached hydrogens (primary N) is 1. The van der Waals surface area contributed by atoms with Crippen LogP contribution in [-0.4, -0.2) is 27.0 Å². The fourth-order valence-corrected chi connectivity index (χ4v) is 1.72. The zero-order valence-corrected chi connectivity index (χ0v) is 8.55. The summed E-state index contributed by atoms with van der Waals surface area (Å²) in [6, 6.07) is 1.24. The van der Waals surface area contributed by atoms with Crippen LogP contribution in [0.4, 0.5) is 0 Å². The first kappa shape index (κ1) is 11.1. The molecule has 0 aliphatic carbocycles. The summed E-state index contributed by atoms with van der Waals surface area (Å²) >= 11 is 0. The lowest BCUT2D eigenvalue weighted by Gasteiger charge is -2.22. The minimum absolute atomic E-state index is 0.304. The van der Waals surface area contributed by atoms with Gasteiger partial charge in [0.1, 0.15) is 12.0 Å². The lowest BCUT2D eigenvalue weighted by Crippen LogP contribution is -2.43. The maximum absolute atomic E-state index is 11.5. The van der Waals surface area contributed by atoms with Gasteiger partial charge in [0.25, 0.3) is 5.56 Å². The molecule has 2 heterocycles. The van der Waals surface area contributed by atoms with E-state index >= 15 is 0 Å². The van der Waals surface area contributed by atoms with Gasteiger partial charge >= 0.3 is 5.69 Å². The molecule has 1 aromatic rings. The van der Waals surface area contributed by atoms with Crippen molar-refractivity contribution in [1.29, 1.82) is 0 Å². The molecule has 2 rings (SSSR count). The van der Waals surface area contributed by atoms with Crippen LogP contribution in [-0.2, 0) is 4.74 Å². The van der Waals surface area contributed by atoms with E-state index in [0.717, 1.165) is 0 Å². The SMILES string of the molecule is N[C@@]1(CO)CCC(n2ccc(=O)[nH]c2=O)O1. The molecule has 0 radical (unpaired) electrons. The average Bonchev–Trinajstić information content (AvgIpc) is 2.62. The van der Waals surface area contributed by atoms with Gasteiger partial charge in [-0.05, 0) is 12.8 Å². The number of aromatic amines is 1. The third-order valence-electron chi connectivity index (χ3n) is 2.61. The van der Waals surface area contributed by atoms with Crippen LogP contribution in [0.15, 0.2) is 21.9 Å². The first-order valence-electron chi connectivity index (χ1n) is 4.93. The molecule has 0 amide bonds. The van der Waals surface area contributed by atoms with Gasteiger partial charge in [0.2, 0.25) is 0 Å². The highest BCUT2D eigenvalue weighted by Gasteiger charge is 2.37. The molecule has 0 saturated carbocycles. The second kappa shape index (κ2) is 3.85. The topological polar surface area (TPSA) is 110 Å². The fourth-order valence-electron chi connectivity index (χ4n) is 1.72. The van der Waals surface area contributed by atoms with E-state index in [1.165, 1.54) is 16.8 Å². The molecule has 4 N–H and O–H groups in total. The highest BCUT2D eigenvalue weighted by atomic mass is 16.6. The van der Waals surface area contributed by atoms with Crippen LogP contribution < -0.4 is 17.0 Å². The molecule has 0 bridgehead atoms. The van der Waals surface area contributed by atoms with Crippen LogP contribution in [0, 0.1) is 0 Å². The van der Waals surface area contributed by atoms with Crippen molar-refractivity contribution >= 4 is 0 Å². The molecule has 88 valence electrons. The number of ether oxygens (including phenoxy) is 1. The maximum atomic E-state index is 11.5. The van der Waals surface area contributed by atoms with Gasteiger partial charge in [0.15, 0.2) is 0 Å². The van der Waals surface area contributed by atoms with E-state index in [1.807, 2.05) is 0 Å². The molecule has 16 heavy (non-hydrogen) atoms. The Morgan fingerprint density at radius 1 is 1.69 bits per heavy atom. The van der Waals surface area contributed by atoms with E-state index in [-0.39, 0.29) is 6.61 Å². The van der Waals surface area contributed by atoms with Crippen LogP contribution in [0.2, 0.25) is 0 Å². The maximum Gasteiger partial charge on any atom is 0.330 e. The Kier molecular flexibility index (Phi) is 2.66. The number of hydrogen-bond donors (Lipinski definition) is 3. The molecule has 1 aliphatic rings. The van der Waals surface area contributed by atoms with Gasteiger partial charge in [-0.3, -0.25) is 14.3 Å². The summed E-state index contributed by atoms with van der Waals surface area (Å²) in [4.78, 5) is 24.4. The number of nitrogens with zero attached hydrogens (tertiary/aromatic N) is 1. The summed E-state index contributed by atoms with van der Waals surface area (Å²) in [6.07, 6.45) is 1.79. The molecular weight excluding hydrogens is 214 g/mol. The molecule has 1 aromatic heterocycles. The third kappa shape index (κ3) is 1.92. The fraction of sp³-hybridized carbons (Fsp3) is 0.556. The predicted octanol–water partition coefficient (Wildman–Crippen LogP) is -1.51. The number of hydrogen-bond acceptors (Lipinski definition) is 5. The molecule has 2 atom stereocenters. The highest BCUT2D eigenvalue weighted by molar-refractivity contribution is 4.88. The van der Waals surface area contributed by atoms with E-state index in [9.17, 15) is 9.59 Å². The Bertz CT molecular complexity index is 494. The summed E-state index contributed by atoms with van der Waals surface area (Å²) in [5.41, 5.74) is 3.61. The van der Waals surface area contributed by atoms with E-state index in [2.05, 4.69) is 4.98 Å². The van der Waals surface area contributed by atoms with Crippen molar-refractivity contribution in [3.8, 4) is 0 Å². The zero-order valence-electron chi connectivity index (χ0n) is 8.55. The number of aromatic nitrogens is 2. The van der Waals surface area contributed by atoms with Gasteiger partial charge < -0.3 is 15.6 Å². The Labute approximate surface area is 90.5 Å². The minimum atomic E-state index is -1.10. The highest BCUT2D eigenvalue weighted by Crippen LogP contribution is 2.31. The zero-order chi connectivity index (χ0) is 11.8. The standard InChI is InChI=1S/C9H13N3O4/c10-9(5-13)3-1-7(16-9)12-4-2-6(14)11-8(12)15/h2,4,7,13H,1,3,5,10H2,(H,11,14,15)/t7?,9-/m0/s1. The summed E-state index contributed by atoms with van der Waals surface area (Å²) in [7, 11) is 0. The van der Waals surface area contributed by atoms with Crippen molar-refractivity contribution in [1.82, 2.24) is 9.55 Å². The molecular formula is C9H13N3O4. The van der Waals surface area contributed by atoms with Gasteiger partial charge in [-0.15, -0.1) is 0 Å². The van der Waals surface area contributed by atoms with Crippen LogP contribution in [0.3, 0.4) is 0 Å². The number of H-pyrrole nitrogens is 1. The Balaban J connectivity index is 2.27. The molecule has 0 aromatic carbocycles. The van der Waals surface area contributed by atoms with E-state index in [1.54, 1.807) is 0 Å². The second-order valence-electron chi connectivity index (χ2n) is 3.85. The smallest absolute Gasteiger partial charge is 0.330 e. The lowest BCUT2D eigenvalue weighted by molar-refractivity contribution is -0.0956. The van der Waals surface area contributed by atoms with E-state index in [0.29, 0.717) is 12.8 Å². The monoisotopic (exact) mass is 227 g/mol. The first-order valence-corrected chi connectivity index (χ1v) is 4.93. The summed E-state index contributed by atoms with van der Waals surface area (Å²) in [6.45, 7) is -0.304. The molecule has 1 fully saturated rings. The van der Waals surface area contributed by atoms with Gasteiger partial charge in [-0.1, -0.05) is 0 Å². The van der Waals surface area contributed by atoms with Crippen LogP contribution in [0.5, 0.6) is 0 Å². The van der Waals surface area contributed by atoms with Crippen LogP contribution in [0.1, 0.15) is 19.1 Å². The largest absolute Gasteiger partial charge is 0.392 e. The van der Waals surface area contributed by atoms with Gasteiger partial charge in [-0.25, -0.2) is 4.79 Å². The van der Waals surface area contributed by atoms with E-state index in [4.69, 9.17) is 15.6 Å². The molecule has 1 unspecified atom stereocenters. The summed E-state index contributed by atoms with van der Waals surface area (Å²) in [5, 5.41) is 9.01. The first-order chi connectivity index (χ1) is 7.54. The second-order valence-corrected chi connectivity index (χ2v) is 3.85. The quantitative estimate of drug-likeness (QED) is 0.569. The Morgan fingerprint density at radius 2 is 2.44 bits per heavy atom. The van der Waals surface area contributed by atoms with Crippen LogP contribution in [0.25, 0.3) is 0 Å². The van der Waals surface area contributed by atoms with Gasteiger partial charge in [-0.2, -0.15) is 0 Å². The number of aliphatic hydroxyl groups is 1. The third-order valence-corrected chi connectivity index (χ3v) is 2.61.